The van der Waals surface area contributed by atoms with Gasteiger partial charge in [-0.15, -0.1) is 0 Å². The molecular weight excluding hydrogens is 514 g/mol. The van der Waals surface area contributed by atoms with Crippen molar-refractivity contribution >= 4 is 22.8 Å². The Morgan fingerprint density at radius 2 is 1.95 bits per heavy atom. The monoisotopic (exact) mass is 540 g/mol. The Morgan fingerprint density at radius 3 is 2.70 bits per heavy atom. The van der Waals surface area contributed by atoms with Crippen LogP contribution in [0.5, 0.6) is 11.5 Å². The van der Waals surface area contributed by atoms with E-state index in [1.165, 1.54) is 18.5 Å². The Hall–Kier alpha value is -4.78. The number of nitriles is 1. The summed E-state index contributed by atoms with van der Waals surface area (Å²) in [5.74, 6) is -1.46. The highest BCUT2D eigenvalue weighted by molar-refractivity contribution is 6.01. The Kier molecular flexibility index (Phi) is 6.64. The van der Waals surface area contributed by atoms with E-state index in [2.05, 4.69) is 16.0 Å². The van der Waals surface area contributed by atoms with Crippen LogP contribution in [0.15, 0.2) is 66.6 Å². The molecule has 2 aliphatic rings. The van der Waals surface area contributed by atoms with Crippen LogP contribution >= 0.6 is 0 Å². The lowest BCUT2D eigenvalue weighted by Crippen LogP contribution is -2.38. The van der Waals surface area contributed by atoms with Crippen LogP contribution in [0, 0.1) is 28.9 Å². The van der Waals surface area contributed by atoms with Crippen molar-refractivity contribution in [2.75, 3.05) is 12.3 Å². The van der Waals surface area contributed by atoms with Gasteiger partial charge in [0.15, 0.2) is 11.6 Å². The number of hydrogen-bond donors (Lipinski definition) is 1. The maximum Gasteiger partial charge on any atom is 0.264 e. The van der Waals surface area contributed by atoms with E-state index < -0.39 is 11.6 Å². The smallest absolute Gasteiger partial charge is 0.264 e. The molecule has 2 aromatic carbocycles. The predicted molar refractivity (Wildman–Crippen MR) is 145 cm³/mol. The Morgan fingerprint density at radius 1 is 1.15 bits per heavy atom. The lowest BCUT2D eigenvalue weighted by molar-refractivity contribution is -0.127. The highest BCUT2D eigenvalue weighted by Gasteiger charge is 2.33. The molecule has 6 rings (SSSR count). The average molecular weight is 541 g/mol. The van der Waals surface area contributed by atoms with Crippen molar-refractivity contribution in [2.45, 2.75) is 38.3 Å². The number of nitrogen functional groups attached to an aromatic ring is 1. The topological polar surface area (TPSA) is 110 Å². The number of amides is 1. The molecule has 1 unspecified atom stereocenters. The zero-order valence-corrected chi connectivity index (χ0v) is 21.6. The molecule has 1 atom stereocenters. The van der Waals surface area contributed by atoms with Crippen molar-refractivity contribution in [3.63, 3.8) is 0 Å². The minimum atomic E-state index is -1.05. The van der Waals surface area contributed by atoms with Crippen LogP contribution in [0.1, 0.15) is 25.7 Å². The molecule has 2 fully saturated rings. The molecule has 2 N–H and O–H groups in total. The number of benzene rings is 2. The number of fused-ring (bicyclic) bond motifs is 1. The number of ether oxygens (including phenoxy) is 1. The van der Waals surface area contributed by atoms with Crippen LogP contribution < -0.4 is 10.5 Å². The summed E-state index contributed by atoms with van der Waals surface area (Å²) >= 11 is 0. The van der Waals surface area contributed by atoms with Gasteiger partial charge < -0.3 is 19.9 Å². The molecule has 3 heterocycles. The van der Waals surface area contributed by atoms with Gasteiger partial charge in [0.25, 0.3) is 5.91 Å². The van der Waals surface area contributed by atoms with Crippen LogP contribution in [0.4, 0.5) is 14.6 Å². The number of aromatic nitrogens is 3. The fourth-order valence-electron chi connectivity index (χ4n) is 5.23. The molecule has 1 aliphatic heterocycles. The standard InChI is InChI=1S/C30H26F2N6O2/c31-24-4-1-5-25(27(24)32)40-22-10-8-19(9-11-22)23-16-37(29-26(23)28(34)35-17-36-29)15-21-3-2-12-38(21)30(39)20(14-33)13-18-6-7-18/h1,4-5,8-11,13,16-18,21H,2-3,6-7,12,15H2,(H2,34,35,36). The van der Waals surface area contributed by atoms with Gasteiger partial charge in [-0.2, -0.15) is 9.65 Å². The van der Waals surface area contributed by atoms with E-state index in [1.54, 1.807) is 29.2 Å². The maximum atomic E-state index is 14.0. The van der Waals surface area contributed by atoms with Crippen molar-refractivity contribution in [1.82, 2.24) is 19.4 Å². The van der Waals surface area contributed by atoms with Gasteiger partial charge in [0, 0.05) is 24.8 Å². The van der Waals surface area contributed by atoms with Crippen LogP contribution in [0.3, 0.4) is 0 Å². The molecule has 0 radical (unpaired) electrons. The summed E-state index contributed by atoms with van der Waals surface area (Å²) in [5.41, 5.74) is 8.74. The predicted octanol–water partition coefficient (Wildman–Crippen LogP) is 5.60. The Bertz CT molecular complexity index is 1670. The van der Waals surface area contributed by atoms with E-state index in [1.807, 2.05) is 16.8 Å². The second kappa shape index (κ2) is 10.4. The van der Waals surface area contributed by atoms with Gasteiger partial charge in [0.05, 0.1) is 11.4 Å². The molecular formula is C30H26F2N6O2. The molecule has 0 bridgehead atoms. The number of nitrogens with zero attached hydrogens (tertiary/aromatic N) is 5. The quantitative estimate of drug-likeness (QED) is 0.241. The third-order valence-electron chi connectivity index (χ3n) is 7.41. The minimum absolute atomic E-state index is 0.0972. The molecule has 1 saturated carbocycles. The molecule has 1 amide bonds. The highest BCUT2D eigenvalue weighted by Crippen LogP contribution is 2.36. The molecule has 0 spiro atoms. The molecule has 40 heavy (non-hydrogen) atoms. The summed E-state index contributed by atoms with van der Waals surface area (Å²) in [4.78, 5) is 23.7. The number of rotatable bonds is 7. The van der Waals surface area contributed by atoms with Gasteiger partial charge >= 0.3 is 0 Å². The van der Waals surface area contributed by atoms with Crippen molar-refractivity contribution < 1.29 is 18.3 Å². The normalized spacial score (nSPS) is 17.3. The summed E-state index contributed by atoms with van der Waals surface area (Å²) in [6.07, 6.45) is 8.87. The molecule has 1 aliphatic carbocycles. The lowest BCUT2D eigenvalue weighted by atomic mass is 10.1. The first-order valence-corrected chi connectivity index (χ1v) is 13.2. The van der Waals surface area contributed by atoms with Gasteiger partial charge in [-0.05, 0) is 61.4 Å². The fourth-order valence-corrected chi connectivity index (χ4v) is 5.23. The molecule has 10 heteroatoms. The summed E-state index contributed by atoms with van der Waals surface area (Å²) in [7, 11) is 0. The van der Waals surface area contributed by atoms with E-state index >= 15 is 0 Å². The number of carbonyl (C=O) groups excluding carboxylic acids is 1. The van der Waals surface area contributed by atoms with E-state index in [-0.39, 0.29) is 23.3 Å². The lowest BCUT2D eigenvalue weighted by Gasteiger charge is -2.25. The van der Waals surface area contributed by atoms with Gasteiger partial charge in [-0.25, -0.2) is 14.4 Å². The molecule has 2 aromatic heterocycles. The minimum Gasteiger partial charge on any atom is -0.454 e. The number of halogens is 2. The number of nitrogens with two attached hydrogens (primary N) is 1. The molecule has 202 valence electrons. The first kappa shape index (κ1) is 25.5. The van der Waals surface area contributed by atoms with Crippen LogP contribution in [0.25, 0.3) is 22.2 Å². The van der Waals surface area contributed by atoms with E-state index in [0.717, 1.165) is 42.9 Å². The second-order valence-corrected chi connectivity index (χ2v) is 10.2. The first-order chi connectivity index (χ1) is 19.4. The zero-order valence-electron chi connectivity index (χ0n) is 21.6. The summed E-state index contributed by atoms with van der Waals surface area (Å²) < 4.78 is 35.1. The van der Waals surface area contributed by atoms with Crippen molar-refractivity contribution in [2.24, 2.45) is 5.92 Å². The molecule has 8 nitrogen and oxygen atoms in total. The van der Waals surface area contributed by atoms with Crippen LogP contribution in [0.2, 0.25) is 0 Å². The van der Waals surface area contributed by atoms with Crippen molar-refractivity contribution in [3.05, 3.63) is 78.3 Å². The third-order valence-corrected chi connectivity index (χ3v) is 7.41. The molecule has 1 saturated heterocycles. The van der Waals surface area contributed by atoms with Gasteiger partial charge in [-0.1, -0.05) is 24.3 Å². The Labute approximate surface area is 229 Å². The number of anilines is 1. The van der Waals surface area contributed by atoms with E-state index in [0.29, 0.717) is 41.6 Å². The van der Waals surface area contributed by atoms with E-state index in [4.69, 9.17) is 10.5 Å². The third kappa shape index (κ3) is 4.86. The second-order valence-electron chi connectivity index (χ2n) is 10.2. The van der Waals surface area contributed by atoms with Crippen molar-refractivity contribution in [3.8, 4) is 28.7 Å². The largest absolute Gasteiger partial charge is 0.454 e. The zero-order chi connectivity index (χ0) is 27.8. The summed E-state index contributed by atoms with van der Waals surface area (Å²) in [6, 6.07) is 12.7. The number of carbonyl (C=O) groups is 1. The summed E-state index contributed by atoms with van der Waals surface area (Å²) in [5, 5.41) is 10.3. The van der Waals surface area contributed by atoms with E-state index in [9.17, 15) is 18.8 Å². The number of likely N-dealkylation sites (tertiary alicyclic amines) is 1. The van der Waals surface area contributed by atoms with Crippen molar-refractivity contribution in [1.29, 1.82) is 5.26 Å². The van der Waals surface area contributed by atoms with Crippen LogP contribution in [-0.4, -0.2) is 37.9 Å². The van der Waals surface area contributed by atoms with Gasteiger partial charge in [-0.3, -0.25) is 4.79 Å². The maximum absolute atomic E-state index is 14.0. The number of allylic oxidation sites excluding steroid dienone is 1. The molecule has 4 aromatic rings. The fraction of sp³-hybridized carbons (Fsp3) is 0.267. The summed E-state index contributed by atoms with van der Waals surface area (Å²) in [6.45, 7) is 1.09. The number of hydrogen-bond acceptors (Lipinski definition) is 6. The van der Waals surface area contributed by atoms with Gasteiger partial charge in [0.2, 0.25) is 5.82 Å². The van der Waals surface area contributed by atoms with Gasteiger partial charge in [0.1, 0.15) is 35.2 Å². The Balaban J connectivity index is 1.28. The first-order valence-electron chi connectivity index (χ1n) is 13.2. The SMILES string of the molecule is N#CC(=CC1CC1)C(=O)N1CCCC1Cn1cc(-c2ccc(Oc3cccc(F)c3F)cc2)c2c(N)ncnc21. The highest BCUT2D eigenvalue weighted by atomic mass is 19.2. The van der Waals surface area contributed by atoms with Crippen LogP contribution in [-0.2, 0) is 11.3 Å². The average Bonchev–Trinajstić information content (AvgIpc) is 3.54.